The number of hydrogen-bond donors (Lipinski definition) is 1. The van der Waals surface area contributed by atoms with Crippen LogP contribution < -0.4 is 5.73 Å². The molecule has 1 heterocycles. The lowest BCUT2D eigenvalue weighted by molar-refractivity contribution is 0.410. The molecule has 13 heavy (non-hydrogen) atoms. The van der Waals surface area contributed by atoms with Gasteiger partial charge < -0.3 is 10.2 Å². The molecule has 2 N–H and O–H groups in total. The minimum Gasteiger partial charge on any atom is -0.464 e. The molecule has 0 aromatic carbocycles. The fourth-order valence-electron chi connectivity index (χ4n) is 1.83. The maximum absolute atomic E-state index is 6.06. The Kier molecular flexibility index (Phi) is 2.16. The van der Waals surface area contributed by atoms with Gasteiger partial charge in [0.1, 0.15) is 11.5 Å². The number of furan rings is 1. The van der Waals surface area contributed by atoms with E-state index in [9.17, 15) is 0 Å². The second kappa shape index (κ2) is 3.18. The van der Waals surface area contributed by atoms with Gasteiger partial charge in [-0.1, -0.05) is 13.8 Å². The van der Waals surface area contributed by atoms with Gasteiger partial charge in [0.05, 0.1) is 6.04 Å². The molecule has 0 spiro atoms. The van der Waals surface area contributed by atoms with E-state index in [1.807, 2.05) is 12.1 Å². The van der Waals surface area contributed by atoms with Gasteiger partial charge in [0.25, 0.3) is 0 Å². The minimum absolute atomic E-state index is 0.121. The third-order valence-corrected chi connectivity index (χ3v) is 2.99. The molecule has 0 radical (unpaired) electrons. The predicted octanol–water partition coefficient (Wildman–Crippen LogP) is 2.50. The van der Waals surface area contributed by atoms with Crippen molar-refractivity contribution in [2.45, 2.75) is 32.7 Å². The molecule has 1 aliphatic rings. The van der Waals surface area contributed by atoms with Crippen molar-refractivity contribution in [2.75, 3.05) is 0 Å². The molecule has 2 rings (SSSR count). The molecular weight excluding hydrogens is 162 g/mol. The van der Waals surface area contributed by atoms with E-state index in [0.717, 1.165) is 23.9 Å². The van der Waals surface area contributed by atoms with Crippen LogP contribution in [0, 0.1) is 11.8 Å². The van der Waals surface area contributed by atoms with Crippen LogP contribution >= 0.6 is 0 Å². The van der Waals surface area contributed by atoms with Crippen LogP contribution in [0.25, 0.3) is 0 Å². The average molecular weight is 179 g/mol. The van der Waals surface area contributed by atoms with E-state index in [1.165, 1.54) is 6.42 Å². The molecular formula is C11H17NO. The number of rotatable bonds is 3. The van der Waals surface area contributed by atoms with E-state index in [0.29, 0.717) is 5.92 Å². The molecule has 0 amide bonds. The topological polar surface area (TPSA) is 39.2 Å². The maximum atomic E-state index is 6.06. The smallest absolute Gasteiger partial charge is 0.121 e. The van der Waals surface area contributed by atoms with E-state index in [-0.39, 0.29) is 6.04 Å². The van der Waals surface area contributed by atoms with Crippen LogP contribution in [0.2, 0.25) is 0 Å². The van der Waals surface area contributed by atoms with Crippen molar-refractivity contribution in [3.8, 4) is 0 Å². The lowest BCUT2D eigenvalue weighted by Gasteiger charge is -2.06. The van der Waals surface area contributed by atoms with Crippen LogP contribution in [0.5, 0.6) is 0 Å². The zero-order valence-electron chi connectivity index (χ0n) is 8.29. The van der Waals surface area contributed by atoms with Gasteiger partial charge in [0.2, 0.25) is 0 Å². The van der Waals surface area contributed by atoms with Crippen molar-refractivity contribution < 1.29 is 4.42 Å². The summed E-state index contributed by atoms with van der Waals surface area (Å²) in [6.07, 6.45) is 2.20. The van der Waals surface area contributed by atoms with Crippen LogP contribution in [-0.2, 0) is 6.42 Å². The SMILES string of the molecule is CCc1ccc(C(N)C2CC2C)o1. The minimum atomic E-state index is 0.121. The Balaban J connectivity index is 2.07. The summed E-state index contributed by atoms with van der Waals surface area (Å²) < 4.78 is 5.62. The predicted molar refractivity (Wildman–Crippen MR) is 52.3 cm³/mol. The number of nitrogens with two attached hydrogens (primary N) is 1. The van der Waals surface area contributed by atoms with Crippen molar-refractivity contribution >= 4 is 0 Å². The summed E-state index contributed by atoms with van der Waals surface area (Å²) >= 11 is 0. The first-order chi connectivity index (χ1) is 6.22. The Morgan fingerprint density at radius 1 is 1.62 bits per heavy atom. The standard InChI is InChI=1S/C11H17NO/c1-3-8-4-5-10(13-8)11(12)9-6-7(9)2/h4-5,7,9,11H,3,6,12H2,1-2H3. The molecule has 1 fully saturated rings. The highest BCUT2D eigenvalue weighted by atomic mass is 16.3. The molecule has 1 saturated carbocycles. The van der Waals surface area contributed by atoms with Gasteiger partial charge in [-0.2, -0.15) is 0 Å². The molecule has 0 aliphatic heterocycles. The summed E-state index contributed by atoms with van der Waals surface area (Å²) in [5.41, 5.74) is 6.06. The summed E-state index contributed by atoms with van der Waals surface area (Å²) in [5.74, 6) is 3.44. The van der Waals surface area contributed by atoms with E-state index in [2.05, 4.69) is 13.8 Å². The fraction of sp³-hybridized carbons (Fsp3) is 0.636. The third kappa shape index (κ3) is 1.63. The van der Waals surface area contributed by atoms with E-state index in [4.69, 9.17) is 10.2 Å². The molecule has 2 nitrogen and oxygen atoms in total. The maximum Gasteiger partial charge on any atom is 0.121 e. The zero-order chi connectivity index (χ0) is 9.42. The van der Waals surface area contributed by atoms with Crippen LogP contribution in [0.4, 0.5) is 0 Å². The van der Waals surface area contributed by atoms with Crippen molar-refractivity contribution in [3.63, 3.8) is 0 Å². The van der Waals surface area contributed by atoms with Crippen LogP contribution in [0.1, 0.15) is 37.8 Å². The molecule has 0 saturated heterocycles. The van der Waals surface area contributed by atoms with Gasteiger partial charge in [-0.05, 0) is 30.4 Å². The fourth-order valence-corrected chi connectivity index (χ4v) is 1.83. The van der Waals surface area contributed by atoms with E-state index in [1.54, 1.807) is 0 Å². The Morgan fingerprint density at radius 2 is 2.31 bits per heavy atom. The third-order valence-electron chi connectivity index (χ3n) is 2.99. The number of hydrogen-bond acceptors (Lipinski definition) is 2. The Labute approximate surface area is 79.1 Å². The second-order valence-electron chi connectivity index (χ2n) is 4.06. The first kappa shape index (κ1) is 8.82. The summed E-state index contributed by atoms with van der Waals surface area (Å²) in [6.45, 7) is 4.34. The second-order valence-corrected chi connectivity index (χ2v) is 4.06. The molecule has 3 unspecified atom stereocenters. The lowest BCUT2D eigenvalue weighted by atomic mass is 10.1. The van der Waals surface area contributed by atoms with Gasteiger partial charge in [0, 0.05) is 6.42 Å². The van der Waals surface area contributed by atoms with Gasteiger partial charge in [-0.15, -0.1) is 0 Å². The molecule has 1 aromatic rings. The molecule has 2 heteroatoms. The van der Waals surface area contributed by atoms with Gasteiger partial charge in [0.15, 0.2) is 0 Å². The monoisotopic (exact) mass is 179 g/mol. The van der Waals surface area contributed by atoms with Crippen molar-refractivity contribution in [3.05, 3.63) is 23.7 Å². The summed E-state index contributed by atoms with van der Waals surface area (Å²) in [7, 11) is 0. The summed E-state index contributed by atoms with van der Waals surface area (Å²) in [5, 5.41) is 0. The quantitative estimate of drug-likeness (QED) is 0.774. The molecule has 1 aromatic heterocycles. The van der Waals surface area contributed by atoms with Gasteiger partial charge in [-0.25, -0.2) is 0 Å². The molecule has 1 aliphatic carbocycles. The largest absolute Gasteiger partial charge is 0.464 e. The van der Waals surface area contributed by atoms with Crippen molar-refractivity contribution in [1.82, 2.24) is 0 Å². The Hall–Kier alpha value is -0.760. The first-order valence-corrected chi connectivity index (χ1v) is 5.06. The van der Waals surface area contributed by atoms with E-state index >= 15 is 0 Å². The van der Waals surface area contributed by atoms with Gasteiger partial charge >= 0.3 is 0 Å². The molecule has 3 atom stereocenters. The molecule has 72 valence electrons. The van der Waals surface area contributed by atoms with E-state index < -0.39 is 0 Å². The van der Waals surface area contributed by atoms with Crippen molar-refractivity contribution in [1.29, 1.82) is 0 Å². The summed E-state index contributed by atoms with van der Waals surface area (Å²) in [4.78, 5) is 0. The van der Waals surface area contributed by atoms with Crippen LogP contribution in [0.15, 0.2) is 16.5 Å². The Morgan fingerprint density at radius 3 is 2.77 bits per heavy atom. The highest BCUT2D eigenvalue weighted by Crippen LogP contribution is 2.45. The van der Waals surface area contributed by atoms with Crippen LogP contribution in [0.3, 0.4) is 0 Å². The first-order valence-electron chi connectivity index (χ1n) is 5.06. The molecule has 0 bridgehead atoms. The number of aryl methyl sites for hydroxylation is 1. The summed E-state index contributed by atoms with van der Waals surface area (Å²) in [6, 6.07) is 4.17. The van der Waals surface area contributed by atoms with Crippen molar-refractivity contribution in [2.24, 2.45) is 17.6 Å². The van der Waals surface area contributed by atoms with Gasteiger partial charge in [-0.3, -0.25) is 0 Å². The highest BCUT2D eigenvalue weighted by molar-refractivity contribution is 5.13. The van der Waals surface area contributed by atoms with Crippen LogP contribution in [-0.4, -0.2) is 0 Å². The Bertz CT molecular complexity index is 292. The zero-order valence-corrected chi connectivity index (χ0v) is 8.29. The normalized spacial score (nSPS) is 28.8. The lowest BCUT2D eigenvalue weighted by Crippen LogP contribution is -2.12. The highest BCUT2D eigenvalue weighted by Gasteiger charge is 2.39. The average Bonchev–Trinajstić information content (AvgIpc) is 2.70.